The molecular weight excluding hydrogens is 244 g/mol. The van der Waals surface area contributed by atoms with Crippen molar-refractivity contribution < 1.29 is 4.42 Å². The first-order valence-electron chi connectivity index (χ1n) is 5.98. The van der Waals surface area contributed by atoms with Gasteiger partial charge < -0.3 is 9.73 Å². The normalized spacial score (nSPS) is 12.6. The summed E-state index contributed by atoms with van der Waals surface area (Å²) in [6.07, 6.45) is 1.69. The quantitative estimate of drug-likeness (QED) is 0.839. The molecular formula is C14H18N2OS. The van der Waals surface area contributed by atoms with Crippen LogP contribution >= 0.6 is 11.8 Å². The monoisotopic (exact) mass is 262 g/mol. The molecule has 0 bridgehead atoms. The Morgan fingerprint density at radius 2 is 2.11 bits per heavy atom. The van der Waals surface area contributed by atoms with Crippen LogP contribution in [0.15, 0.2) is 40.2 Å². The summed E-state index contributed by atoms with van der Waals surface area (Å²) >= 11 is 1.64. The second-order valence-electron chi connectivity index (χ2n) is 4.26. The van der Waals surface area contributed by atoms with E-state index in [1.807, 2.05) is 14.0 Å². The molecule has 1 atom stereocenters. The highest BCUT2D eigenvalue weighted by Gasteiger charge is 2.13. The molecule has 4 heteroatoms. The Labute approximate surface area is 112 Å². The number of thioether (sulfide) groups is 1. The van der Waals surface area contributed by atoms with Gasteiger partial charge in [-0.2, -0.15) is 0 Å². The maximum atomic E-state index is 5.35. The van der Waals surface area contributed by atoms with Crippen LogP contribution in [-0.2, 0) is 0 Å². The Morgan fingerprint density at radius 1 is 1.33 bits per heavy atom. The van der Waals surface area contributed by atoms with Gasteiger partial charge in [-0.1, -0.05) is 36.0 Å². The van der Waals surface area contributed by atoms with Crippen LogP contribution in [0.2, 0.25) is 0 Å². The van der Waals surface area contributed by atoms with Gasteiger partial charge in [0.15, 0.2) is 0 Å². The number of benzene rings is 1. The van der Waals surface area contributed by atoms with Crippen LogP contribution in [-0.4, -0.2) is 17.8 Å². The fourth-order valence-electron chi connectivity index (χ4n) is 1.86. The van der Waals surface area contributed by atoms with Gasteiger partial charge in [-0.05, 0) is 32.0 Å². The predicted molar refractivity (Wildman–Crippen MR) is 74.9 cm³/mol. The van der Waals surface area contributed by atoms with Crippen LogP contribution in [0.4, 0.5) is 0 Å². The van der Waals surface area contributed by atoms with Crippen molar-refractivity contribution in [3.63, 3.8) is 0 Å². The van der Waals surface area contributed by atoms with E-state index in [4.69, 9.17) is 4.42 Å². The molecule has 0 fully saturated rings. The van der Waals surface area contributed by atoms with Gasteiger partial charge in [-0.3, -0.25) is 0 Å². The zero-order valence-corrected chi connectivity index (χ0v) is 11.8. The summed E-state index contributed by atoms with van der Waals surface area (Å²) in [6, 6.07) is 8.75. The number of aromatic nitrogens is 1. The lowest BCUT2D eigenvalue weighted by atomic mass is 10.0. The van der Waals surface area contributed by atoms with Crippen molar-refractivity contribution in [2.24, 2.45) is 0 Å². The summed E-state index contributed by atoms with van der Waals surface area (Å²) in [7, 11) is 1.98. The average Bonchev–Trinajstić information content (AvgIpc) is 2.78. The molecule has 1 aromatic carbocycles. The molecule has 3 nitrogen and oxygen atoms in total. The van der Waals surface area contributed by atoms with Crippen molar-refractivity contribution in [3.05, 3.63) is 47.3 Å². The van der Waals surface area contributed by atoms with E-state index in [0.29, 0.717) is 6.04 Å². The number of oxazole rings is 1. The Hall–Kier alpha value is -1.26. The summed E-state index contributed by atoms with van der Waals surface area (Å²) in [5, 5.41) is 4.08. The van der Waals surface area contributed by atoms with Gasteiger partial charge >= 0.3 is 0 Å². The Kier molecular flexibility index (Phi) is 4.44. The number of hydrogen-bond donors (Lipinski definition) is 1. The van der Waals surface area contributed by atoms with Gasteiger partial charge in [-0.25, -0.2) is 4.98 Å². The van der Waals surface area contributed by atoms with Gasteiger partial charge in [0.1, 0.15) is 6.26 Å². The van der Waals surface area contributed by atoms with Crippen molar-refractivity contribution in [3.8, 4) is 0 Å². The molecule has 0 aliphatic heterocycles. The van der Waals surface area contributed by atoms with E-state index >= 15 is 0 Å². The molecule has 1 N–H and O–H groups in total. The zero-order chi connectivity index (χ0) is 13.0. The third-order valence-corrected chi connectivity index (χ3v) is 3.82. The van der Waals surface area contributed by atoms with Gasteiger partial charge in [0, 0.05) is 11.8 Å². The minimum Gasteiger partial charge on any atom is -0.440 e. The molecule has 2 aromatic rings. The summed E-state index contributed by atoms with van der Waals surface area (Å²) in [4.78, 5) is 4.30. The fourth-order valence-corrected chi connectivity index (χ4v) is 2.84. The third-order valence-electron chi connectivity index (χ3n) is 2.88. The predicted octanol–water partition coefficient (Wildman–Crippen LogP) is 3.34. The third kappa shape index (κ3) is 3.15. The van der Waals surface area contributed by atoms with E-state index in [1.165, 1.54) is 11.1 Å². The standard InChI is InChI=1S/C14H18N2OS/c1-10-6-4-5-7-12(10)13(15-3)9-18-14-16-11(2)8-17-14/h4-8,13,15H,9H2,1-3H3. The highest BCUT2D eigenvalue weighted by Crippen LogP contribution is 2.25. The fraction of sp³-hybridized carbons (Fsp3) is 0.357. The SMILES string of the molecule is CNC(CSc1nc(C)co1)c1ccccc1C. The summed E-state index contributed by atoms with van der Waals surface area (Å²) in [5.74, 6) is 0.904. The molecule has 0 saturated heterocycles. The molecule has 0 spiro atoms. The van der Waals surface area contributed by atoms with Crippen LogP contribution in [0, 0.1) is 13.8 Å². The first kappa shape index (κ1) is 13.2. The smallest absolute Gasteiger partial charge is 0.255 e. The minimum atomic E-state index is 0.309. The van der Waals surface area contributed by atoms with Crippen molar-refractivity contribution in [2.75, 3.05) is 12.8 Å². The maximum Gasteiger partial charge on any atom is 0.255 e. The first-order chi connectivity index (χ1) is 8.70. The number of aryl methyl sites for hydroxylation is 2. The van der Waals surface area contributed by atoms with Crippen LogP contribution in [0.1, 0.15) is 22.9 Å². The van der Waals surface area contributed by atoms with Crippen molar-refractivity contribution in [1.82, 2.24) is 10.3 Å². The molecule has 1 heterocycles. The molecule has 0 saturated carbocycles. The van der Waals surface area contributed by atoms with Crippen LogP contribution in [0.3, 0.4) is 0 Å². The molecule has 1 aromatic heterocycles. The van der Waals surface area contributed by atoms with Crippen LogP contribution in [0.5, 0.6) is 0 Å². The number of nitrogens with zero attached hydrogens (tertiary/aromatic N) is 1. The van der Waals surface area contributed by atoms with Crippen molar-refractivity contribution in [2.45, 2.75) is 25.1 Å². The Balaban J connectivity index is 2.04. The topological polar surface area (TPSA) is 38.1 Å². The van der Waals surface area contributed by atoms with Crippen molar-refractivity contribution in [1.29, 1.82) is 0 Å². The molecule has 0 amide bonds. The van der Waals surface area contributed by atoms with E-state index < -0.39 is 0 Å². The number of hydrogen-bond acceptors (Lipinski definition) is 4. The molecule has 1 unspecified atom stereocenters. The summed E-state index contributed by atoms with van der Waals surface area (Å²) in [6.45, 7) is 4.07. The lowest BCUT2D eigenvalue weighted by molar-refractivity contribution is 0.453. The Bertz CT molecular complexity index is 510. The molecule has 0 radical (unpaired) electrons. The van der Waals surface area contributed by atoms with Gasteiger partial charge in [0.25, 0.3) is 5.22 Å². The second-order valence-corrected chi connectivity index (χ2v) is 5.23. The van der Waals surface area contributed by atoms with Crippen molar-refractivity contribution >= 4 is 11.8 Å². The lowest BCUT2D eigenvalue weighted by Gasteiger charge is -2.17. The van der Waals surface area contributed by atoms with Crippen LogP contribution < -0.4 is 5.32 Å². The second kappa shape index (κ2) is 6.07. The number of rotatable bonds is 5. The molecule has 18 heavy (non-hydrogen) atoms. The zero-order valence-electron chi connectivity index (χ0n) is 10.9. The molecule has 0 aliphatic rings. The summed E-state index contributed by atoms with van der Waals surface area (Å²) in [5.41, 5.74) is 3.56. The largest absolute Gasteiger partial charge is 0.440 e. The highest BCUT2D eigenvalue weighted by molar-refractivity contribution is 7.99. The maximum absolute atomic E-state index is 5.35. The van der Waals surface area contributed by atoms with Crippen LogP contribution in [0.25, 0.3) is 0 Å². The lowest BCUT2D eigenvalue weighted by Crippen LogP contribution is -2.19. The van der Waals surface area contributed by atoms with E-state index in [2.05, 4.69) is 41.5 Å². The number of nitrogens with one attached hydrogen (secondary N) is 1. The van der Waals surface area contributed by atoms with Gasteiger partial charge in [-0.15, -0.1) is 0 Å². The molecule has 96 valence electrons. The van der Waals surface area contributed by atoms with Gasteiger partial charge in [0.05, 0.1) is 5.69 Å². The highest BCUT2D eigenvalue weighted by atomic mass is 32.2. The van der Waals surface area contributed by atoms with Gasteiger partial charge in [0.2, 0.25) is 0 Å². The van der Waals surface area contributed by atoms with E-state index in [0.717, 1.165) is 16.7 Å². The first-order valence-corrected chi connectivity index (χ1v) is 6.97. The average molecular weight is 262 g/mol. The van der Waals surface area contributed by atoms with E-state index in [1.54, 1.807) is 18.0 Å². The van der Waals surface area contributed by atoms with E-state index in [9.17, 15) is 0 Å². The minimum absolute atomic E-state index is 0.309. The molecule has 0 aliphatic carbocycles. The summed E-state index contributed by atoms with van der Waals surface area (Å²) < 4.78 is 5.35. The Morgan fingerprint density at radius 3 is 2.72 bits per heavy atom. The molecule has 2 rings (SSSR count). The van der Waals surface area contributed by atoms with E-state index in [-0.39, 0.29) is 0 Å².